The number of aromatic nitrogens is 2. The molecule has 31 heavy (non-hydrogen) atoms. The highest BCUT2D eigenvalue weighted by molar-refractivity contribution is 5.95. The lowest BCUT2D eigenvalue weighted by Crippen LogP contribution is -2.32. The Labute approximate surface area is 179 Å². The van der Waals surface area contributed by atoms with Crippen molar-refractivity contribution < 1.29 is 14.0 Å². The molecule has 1 aliphatic rings. The molecule has 4 rings (SSSR count). The van der Waals surface area contributed by atoms with Crippen LogP contribution in [0.25, 0.3) is 5.69 Å². The van der Waals surface area contributed by atoms with Crippen molar-refractivity contribution in [3.05, 3.63) is 77.4 Å². The summed E-state index contributed by atoms with van der Waals surface area (Å²) in [6.45, 7) is 3.67. The van der Waals surface area contributed by atoms with Gasteiger partial charge in [0.15, 0.2) is 0 Å². The van der Waals surface area contributed by atoms with Gasteiger partial charge in [-0.1, -0.05) is 12.1 Å². The number of rotatable bonds is 5. The van der Waals surface area contributed by atoms with Crippen molar-refractivity contribution in [1.82, 2.24) is 20.0 Å². The molecule has 0 bridgehead atoms. The van der Waals surface area contributed by atoms with Crippen LogP contribution in [0.5, 0.6) is 0 Å². The van der Waals surface area contributed by atoms with Gasteiger partial charge in [-0.3, -0.25) is 4.79 Å². The Morgan fingerprint density at radius 2 is 1.84 bits per heavy atom. The van der Waals surface area contributed by atoms with E-state index in [1.54, 1.807) is 28.6 Å². The van der Waals surface area contributed by atoms with Gasteiger partial charge in [0.2, 0.25) is 0 Å². The van der Waals surface area contributed by atoms with E-state index in [4.69, 9.17) is 0 Å². The van der Waals surface area contributed by atoms with Crippen molar-refractivity contribution >= 4 is 17.6 Å². The Hall–Kier alpha value is -3.68. The van der Waals surface area contributed by atoms with E-state index in [2.05, 4.69) is 15.7 Å². The van der Waals surface area contributed by atoms with E-state index in [0.717, 1.165) is 31.5 Å². The molecule has 160 valence electrons. The summed E-state index contributed by atoms with van der Waals surface area (Å²) in [4.78, 5) is 26.7. The van der Waals surface area contributed by atoms with E-state index in [0.29, 0.717) is 29.2 Å². The van der Waals surface area contributed by atoms with Crippen molar-refractivity contribution in [3.8, 4) is 5.69 Å². The van der Waals surface area contributed by atoms with Crippen LogP contribution in [0.4, 0.5) is 14.9 Å². The summed E-state index contributed by atoms with van der Waals surface area (Å²) in [7, 11) is 0. The normalized spacial score (nSPS) is 13.3. The van der Waals surface area contributed by atoms with Gasteiger partial charge in [0.1, 0.15) is 5.82 Å². The van der Waals surface area contributed by atoms with Crippen molar-refractivity contribution in [2.24, 2.45) is 0 Å². The molecular weight excluding hydrogens is 397 g/mol. The number of amides is 3. The Morgan fingerprint density at radius 1 is 1.10 bits per heavy atom. The Morgan fingerprint density at radius 3 is 2.58 bits per heavy atom. The summed E-state index contributed by atoms with van der Waals surface area (Å²) in [5.74, 6) is -0.581. The fraction of sp³-hybridized carbons (Fsp3) is 0.261. The number of anilines is 1. The fourth-order valence-electron chi connectivity index (χ4n) is 3.63. The molecule has 0 spiro atoms. The largest absolute Gasteiger partial charge is 0.348 e. The van der Waals surface area contributed by atoms with Crippen LogP contribution in [0.2, 0.25) is 0 Å². The van der Waals surface area contributed by atoms with Crippen molar-refractivity contribution in [2.75, 3.05) is 18.4 Å². The first-order valence-electron chi connectivity index (χ1n) is 10.2. The molecule has 2 aromatic carbocycles. The molecule has 1 aromatic heterocycles. The first kappa shape index (κ1) is 20.6. The summed E-state index contributed by atoms with van der Waals surface area (Å²) >= 11 is 0. The van der Waals surface area contributed by atoms with Crippen molar-refractivity contribution in [2.45, 2.75) is 26.3 Å². The molecule has 1 fully saturated rings. The van der Waals surface area contributed by atoms with Gasteiger partial charge >= 0.3 is 6.03 Å². The first-order valence-corrected chi connectivity index (χ1v) is 10.2. The van der Waals surface area contributed by atoms with E-state index in [1.807, 2.05) is 24.3 Å². The monoisotopic (exact) mass is 421 g/mol. The minimum absolute atomic E-state index is 0.0949. The number of hydrogen-bond acceptors (Lipinski definition) is 3. The molecule has 7 nitrogen and oxygen atoms in total. The Balaban J connectivity index is 1.39. The molecule has 1 saturated heterocycles. The maximum Gasteiger partial charge on any atom is 0.321 e. The van der Waals surface area contributed by atoms with Crippen LogP contribution in [0.3, 0.4) is 0 Å². The third-order valence-electron chi connectivity index (χ3n) is 5.35. The molecular formula is C23H24FN5O2. The van der Waals surface area contributed by atoms with E-state index < -0.39 is 0 Å². The fourth-order valence-corrected chi connectivity index (χ4v) is 3.63. The van der Waals surface area contributed by atoms with Gasteiger partial charge < -0.3 is 15.5 Å². The van der Waals surface area contributed by atoms with E-state index in [-0.39, 0.29) is 17.8 Å². The highest BCUT2D eigenvalue weighted by Gasteiger charge is 2.18. The number of urea groups is 1. The van der Waals surface area contributed by atoms with Gasteiger partial charge in [-0.2, -0.15) is 5.10 Å². The Bertz CT molecular complexity index is 1090. The number of nitrogens with one attached hydrogen (secondary N) is 2. The zero-order chi connectivity index (χ0) is 21.8. The van der Waals surface area contributed by atoms with Gasteiger partial charge in [-0.15, -0.1) is 0 Å². The predicted octanol–water partition coefficient (Wildman–Crippen LogP) is 3.88. The second-order valence-corrected chi connectivity index (χ2v) is 7.54. The highest BCUT2D eigenvalue weighted by Crippen LogP contribution is 2.16. The summed E-state index contributed by atoms with van der Waals surface area (Å²) in [5, 5.41) is 10.1. The molecule has 0 saturated carbocycles. The smallest absolute Gasteiger partial charge is 0.321 e. The molecule has 2 heterocycles. The second kappa shape index (κ2) is 8.99. The van der Waals surface area contributed by atoms with Gasteiger partial charge in [0.05, 0.1) is 23.1 Å². The molecule has 0 unspecified atom stereocenters. The van der Waals surface area contributed by atoms with Crippen LogP contribution < -0.4 is 10.6 Å². The SMILES string of the molecule is Cc1c(C(=O)NCc2cccc(NC(=O)N3CCCC3)c2)cnn1-c1ccc(F)cc1. The number of carbonyl (C=O) groups is 2. The lowest BCUT2D eigenvalue weighted by atomic mass is 10.2. The molecule has 3 amide bonds. The average Bonchev–Trinajstić information content (AvgIpc) is 3.43. The second-order valence-electron chi connectivity index (χ2n) is 7.54. The minimum atomic E-state index is -0.328. The summed E-state index contributed by atoms with van der Waals surface area (Å²) in [5.41, 5.74) is 3.36. The van der Waals surface area contributed by atoms with E-state index in [9.17, 15) is 14.0 Å². The number of halogens is 1. The third-order valence-corrected chi connectivity index (χ3v) is 5.35. The van der Waals surface area contributed by atoms with Crippen LogP contribution in [0.15, 0.2) is 54.7 Å². The lowest BCUT2D eigenvalue weighted by Gasteiger charge is -2.16. The van der Waals surface area contributed by atoms with Crippen LogP contribution in [0, 0.1) is 12.7 Å². The number of benzene rings is 2. The highest BCUT2D eigenvalue weighted by atomic mass is 19.1. The lowest BCUT2D eigenvalue weighted by molar-refractivity contribution is 0.0950. The molecule has 0 aliphatic carbocycles. The molecule has 0 radical (unpaired) electrons. The number of likely N-dealkylation sites (tertiary alicyclic amines) is 1. The molecule has 2 N–H and O–H groups in total. The zero-order valence-electron chi connectivity index (χ0n) is 17.3. The van der Waals surface area contributed by atoms with Crippen LogP contribution in [-0.2, 0) is 6.54 Å². The standard InChI is InChI=1S/C23H24FN5O2/c1-16-21(15-26-29(16)20-9-7-18(24)8-10-20)22(30)25-14-17-5-4-6-19(13-17)27-23(31)28-11-2-3-12-28/h4-10,13,15H,2-3,11-12,14H2,1H3,(H,25,30)(H,27,31). The molecule has 0 atom stereocenters. The van der Waals surface area contributed by atoms with Gasteiger partial charge in [-0.05, 0) is 61.7 Å². The van der Waals surface area contributed by atoms with Crippen molar-refractivity contribution in [3.63, 3.8) is 0 Å². The summed E-state index contributed by atoms with van der Waals surface area (Å²) in [6, 6.07) is 13.2. The van der Waals surface area contributed by atoms with Crippen LogP contribution in [0.1, 0.15) is 34.5 Å². The maximum absolute atomic E-state index is 13.2. The topological polar surface area (TPSA) is 79.3 Å². The maximum atomic E-state index is 13.2. The van der Waals surface area contributed by atoms with E-state index >= 15 is 0 Å². The summed E-state index contributed by atoms with van der Waals surface area (Å²) < 4.78 is 14.8. The number of nitrogens with zero attached hydrogens (tertiary/aromatic N) is 3. The van der Waals surface area contributed by atoms with E-state index in [1.165, 1.54) is 18.3 Å². The van der Waals surface area contributed by atoms with Gasteiger partial charge in [-0.25, -0.2) is 13.9 Å². The number of carbonyl (C=O) groups excluding carboxylic acids is 2. The molecule has 1 aliphatic heterocycles. The van der Waals surface area contributed by atoms with Crippen molar-refractivity contribution in [1.29, 1.82) is 0 Å². The van der Waals surface area contributed by atoms with Crippen LogP contribution in [-0.4, -0.2) is 39.7 Å². The number of hydrogen-bond donors (Lipinski definition) is 2. The van der Waals surface area contributed by atoms with Gasteiger partial charge in [0, 0.05) is 25.3 Å². The minimum Gasteiger partial charge on any atom is -0.348 e. The molecule has 3 aromatic rings. The van der Waals surface area contributed by atoms with Gasteiger partial charge in [0.25, 0.3) is 5.91 Å². The first-order chi connectivity index (χ1) is 15.0. The third kappa shape index (κ3) is 4.74. The Kier molecular flexibility index (Phi) is 5.97. The average molecular weight is 421 g/mol. The quantitative estimate of drug-likeness (QED) is 0.656. The predicted molar refractivity (Wildman–Crippen MR) is 116 cm³/mol. The molecule has 8 heteroatoms. The zero-order valence-corrected chi connectivity index (χ0v) is 17.3. The summed E-state index contributed by atoms with van der Waals surface area (Å²) in [6.07, 6.45) is 3.58. The van der Waals surface area contributed by atoms with Crippen LogP contribution >= 0.6 is 0 Å².